The molecule has 0 aliphatic carbocycles. The van der Waals surface area contributed by atoms with Gasteiger partial charge in [0.2, 0.25) is 5.95 Å². The molecule has 0 unspecified atom stereocenters. The Morgan fingerprint density at radius 1 is 1.12 bits per heavy atom. The Hall–Kier alpha value is -1.51. The third-order valence-electron chi connectivity index (χ3n) is 3.17. The van der Waals surface area contributed by atoms with E-state index >= 15 is 0 Å². The van der Waals surface area contributed by atoms with Crippen molar-refractivity contribution in [2.45, 2.75) is 45.6 Å². The number of benzene rings is 1. The second-order valence-corrected chi connectivity index (χ2v) is 4.52. The first-order valence-electron chi connectivity index (χ1n) is 6.53. The molecule has 1 heterocycles. The molecule has 2 N–H and O–H groups in total. The van der Waals surface area contributed by atoms with Crippen molar-refractivity contribution in [3.63, 3.8) is 0 Å². The number of hydrogen-bond acceptors (Lipinski definition) is 2. The van der Waals surface area contributed by atoms with Crippen LogP contribution >= 0.6 is 0 Å². The lowest BCUT2D eigenvalue weighted by Crippen LogP contribution is -2.03. The zero-order valence-corrected chi connectivity index (χ0v) is 10.5. The Balaban J connectivity index is 2.00. The number of nitrogen functional groups attached to an aromatic ring is 1. The molecule has 0 spiro atoms. The van der Waals surface area contributed by atoms with E-state index in [4.69, 9.17) is 5.73 Å². The summed E-state index contributed by atoms with van der Waals surface area (Å²) in [5, 5.41) is 0. The molecule has 0 radical (unpaired) electrons. The van der Waals surface area contributed by atoms with Gasteiger partial charge in [0.05, 0.1) is 11.0 Å². The molecule has 0 saturated heterocycles. The van der Waals surface area contributed by atoms with E-state index in [0.717, 1.165) is 17.6 Å². The Morgan fingerprint density at radius 3 is 2.71 bits per heavy atom. The minimum Gasteiger partial charge on any atom is -0.369 e. The van der Waals surface area contributed by atoms with Crippen molar-refractivity contribution in [1.82, 2.24) is 9.55 Å². The summed E-state index contributed by atoms with van der Waals surface area (Å²) in [7, 11) is 0. The number of nitrogens with two attached hydrogens (primary N) is 1. The molecule has 0 atom stereocenters. The van der Waals surface area contributed by atoms with Crippen LogP contribution in [0, 0.1) is 0 Å². The molecule has 0 fully saturated rings. The van der Waals surface area contributed by atoms with Crippen molar-refractivity contribution in [3.05, 3.63) is 24.3 Å². The Kier molecular flexibility index (Phi) is 4.02. The summed E-state index contributed by atoms with van der Waals surface area (Å²) in [5.74, 6) is 0.640. The number of anilines is 1. The van der Waals surface area contributed by atoms with Crippen molar-refractivity contribution in [1.29, 1.82) is 0 Å². The molecule has 92 valence electrons. The first-order chi connectivity index (χ1) is 8.33. The van der Waals surface area contributed by atoms with Crippen molar-refractivity contribution >= 4 is 17.0 Å². The lowest BCUT2D eigenvalue weighted by atomic mass is 10.1. The predicted octanol–water partition coefficient (Wildman–Crippen LogP) is 3.59. The summed E-state index contributed by atoms with van der Waals surface area (Å²) < 4.78 is 2.13. The van der Waals surface area contributed by atoms with Gasteiger partial charge in [-0.25, -0.2) is 4.98 Å². The average molecular weight is 231 g/mol. The number of aromatic nitrogens is 2. The topological polar surface area (TPSA) is 43.8 Å². The average Bonchev–Trinajstić information content (AvgIpc) is 2.65. The van der Waals surface area contributed by atoms with Crippen LogP contribution in [-0.4, -0.2) is 9.55 Å². The number of unbranched alkanes of at least 4 members (excludes halogenated alkanes) is 4. The van der Waals surface area contributed by atoms with Gasteiger partial charge in [0.25, 0.3) is 0 Å². The molecule has 1 aromatic heterocycles. The van der Waals surface area contributed by atoms with Crippen LogP contribution in [0.5, 0.6) is 0 Å². The second kappa shape index (κ2) is 5.71. The van der Waals surface area contributed by atoms with Crippen LogP contribution in [0.25, 0.3) is 11.0 Å². The molecule has 0 saturated carbocycles. The zero-order valence-electron chi connectivity index (χ0n) is 10.5. The van der Waals surface area contributed by atoms with E-state index in [1.165, 1.54) is 32.1 Å². The molecule has 0 aliphatic rings. The van der Waals surface area contributed by atoms with Gasteiger partial charge in [-0.15, -0.1) is 0 Å². The Morgan fingerprint density at radius 2 is 1.88 bits per heavy atom. The molecule has 2 rings (SSSR count). The lowest BCUT2D eigenvalue weighted by Gasteiger charge is -2.06. The molecule has 3 heteroatoms. The fourth-order valence-electron chi connectivity index (χ4n) is 2.20. The van der Waals surface area contributed by atoms with Gasteiger partial charge in [-0.2, -0.15) is 0 Å². The quantitative estimate of drug-likeness (QED) is 0.772. The van der Waals surface area contributed by atoms with Crippen LogP contribution in [0.4, 0.5) is 5.95 Å². The number of rotatable bonds is 6. The highest BCUT2D eigenvalue weighted by molar-refractivity contribution is 5.78. The Bertz CT molecular complexity index is 473. The molecular weight excluding hydrogens is 210 g/mol. The lowest BCUT2D eigenvalue weighted by molar-refractivity contribution is 0.579. The van der Waals surface area contributed by atoms with Gasteiger partial charge in [0.1, 0.15) is 0 Å². The Labute approximate surface area is 103 Å². The number of para-hydroxylation sites is 2. The molecule has 0 aliphatic heterocycles. The van der Waals surface area contributed by atoms with E-state index in [2.05, 4.69) is 22.5 Å². The highest BCUT2D eigenvalue weighted by atomic mass is 15.1. The van der Waals surface area contributed by atoms with E-state index in [9.17, 15) is 0 Å². The summed E-state index contributed by atoms with van der Waals surface area (Å²) in [4.78, 5) is 4.37. The minimum atomic E-state index is 0.640. The third kappa shape index (κ3) is 2.78. The van der Waals surface area contributed by atoms with Crippen LogP contribution in [0.2, 0.25) is 0 Å². The monoisotopic (exact) mass is 231 g/mol. The van der Waals surface area contributed by atoms with E-state index < -0.39 is 0 Å². The van der Waals surface area contributed by atoms with Crippen LogP contribution < -0.4 is 5.73 Å². The summed E-state index contributed by atoms with van der Waals surface area (Å²) in [6, 6.07) is 8.14. The maximum absolute atomic E-state index is 5.95. The van der Waals surface area contributed by atoms with Gasteiger partial charge in [-0.3, -0.25) is 0 Å². The van der Waals surface area contributed by atoms with Crippen molar-refractivity contribution < 1.29 is 0 Å². The highest BCUT2D eigenvalue weighted by Gasteiger charge is 2.06. The maximum atomic E-state index is 5.95. The van der Waals surface area contributed by atoms with Crippen LogP contribution in [0.15, 0.2) is 24.3 Å². The molecular formula is C14H21N3. The molecule has 1 aromatic carbocycles. The first-order valence-corrected chi connectivity index (χ1v) is 6.53. The molecule has 0 amide bonds. The van der Waals surface area contributed by atoms with Gasteiger partial charge in [-0.1, -0.05) is 44.7 Å². The van der Waals surface area contributed by atoms with Gasteiger partial charge in [0.15, 0.2) is 0 Å². The normalized spacial score (nSPS) is 11.1. The van der Waals surface area contributed by atoms with Crippen LogP contribution in [0.3, 0.4) is 0 Å². The van der Waals surface area contributed by atoms with Crippen LogP contribution in [0.1, 0.15) is 39.0 Å². The standard InChI is InChI=1S/C14H21N3/c1-2-3-4-5-8-11-17-13-10-7-6-9-12(13)16-14(17)15/h6-7,9-10H,2-5,8,11H2,1H3,(H2,15,16). The molecule has 2 aromatic rings. The second-order valence-electron chi connectivity index (χ2n) is 4.52. The smallest absolute Gasteiger partial charge is 0.201 e. The molecule has 0 bridgehead atoms. The summed E-state index contributed by atoms with van der Waals surface area (Å²) >= 11 is 0. The first kappa shape index (κ1) is 12.0. The van der Waals surface area contributed by atoms with Crippen LogP contribution in [-0.2, 0) is 6.54 Å². The van der Waals surface area contributed by atoms with E-state index in [0.29, 0.717) is 5.95 Å². The zero-order chi connectivity index (χ0) is 12.1. The van der Waals surface area contributed by atoms with Crippen molar-refractivity contribution in [2.24, 2.45) is 0 Å². The highest BCUT2D eigenvalue weighted by Crippen LogP contribution is 2.18. The summed E-state index contributed by atoms with van der Waals surface area (Å²) in [5.41, 5.74) is 8.10. The number of fused-ring (bicyclic) bond motifs is 1. The summed E-state index contributed by atoms with van der Waals surface area (Å²) in [6.45, 7) is 3.22. The fraction of sp³-hybridized carbons (Fsp3) is 0.500. The van der Waals surface area contributed by atoms with E-state index in [1.54, 1.807) is 0 Å². The van der Waals surface area contributed by atoms with E-state index in [1.807, 2.05) is 18.2 Å². The third-order valence-corrected chi connectivity index (χ3v) is 3.17. The number of aryl methyl sites for hydroxylation is 1. The molecule has 17 heavy (non-hydrogen) atoms. The van der Waals surface area contributed by atoms with Gasteiger partial charge in [0, 0.05) is 6.54 Å². The summed E-state index contributed by atoms with van der Waals surface area (Å²) in [6.07, 6.45) is 6.41. The predicted molar refractivity (Wildman–Crippen MR) is 72.9 cm³/mol. The number of hydrogen-bond donors (Lipinski definition) is 1. The van der Waals surface area contributed by atoms with E-state index in [-0.39, 0.29) is 0 Å². The van der Waals surface area contributed by atoms with Gasteiger partial charge >= 0.3 is 0 Å². The van der Waals surface area contributed by atoms with Crippen molar-refractivity contribution in [2.75, 3.05) is 5.73 Å². The fourth-order valence-corrected chi connectivity index (χ4v) is 2.20. The molecule has 3 nitrogen and oxygen atoms in total. The number of imidazole rings is 1. The largest absolute Gasteiger partial charge is 0.369 e. The minimum absolute atomic E-state index is 0.640. The maximum Gasteiger partial charge on any atom is 0.201 e. The van der Waals surface area contributed by atoms with Gasteiger partial charge < -0.3 is 10.3 Å². The SMILES string of the molecule is CCCCCCCn1c(N)nc2ccccc21. The number of nitrogens with zero attached hydrogens (tertiary/aromatic N) is 2. The van der Waals surface area contributed by atoms with Crippen molar-refractivity contribution in [3.8, 4) is 0 Å². The van der Waals surface area contributed by atoms with Gasteiger partial charge in [-0.05, 0) is 18.6 Å².